The van der Waals surface area contributed by atoms with E-state index in [1.54, 1.807) is 30.9 Å². The summed E-state index contributed by atoms with van der Waals surface area (Å²) < 4.78 is 13.3. The summed E-state index contributed by atoms with van der Waals surface area (Å²) in [5, 5.41) is 3.12. The van der Waals surface area contributed by atoms with Crippen molar-refractivity contribution < 1.29 is 4.39 Å². The van der Waals surface area contributed by atoms with Crippen molar-refractivity contribution in [2.45, 2.75) is 0 Å². The fourth-order valence-electron chi connectivity index (χ4n) is 2.50. The van der Waals surface area contributed by atoms with Crippen molar-refractivity contribution in [1.29, 1.82) is 0 Å². The monoisotopic (exact) mass is 343 g/mol. The molecular weight excluding hydrogens is 329 g/mol. The SMILES string of the molecule is Fc1cccc(-c2ccc(Nc3cncc(-c4ccccn4)n3)nc2)c1. The van der Waals surface area contributed by atoms with E-state index in [0.29, 0.717) is 17.3 Å². The summed E-state index contributed by atoms with van der Waals surface area (Å²) in [6.45, 7) is 0. The first-order valence-electron chi connectivity index (χ1n) is 8.00. The molecule has 3 heterocycles. The maximum Gasteiger partial charge on any atom is 0.150 e. The molecule has 4 rings (SSSR count). The molecule has 0 atom stereocenters. The normalized spacial score (nSPS) is 10.5. The van der Waals surface area contributed by atoms with Gasteiger partial charge in [-0.1, -0.05) is 18.2 Å². The number of nitrogens with one attached hydrogen (secondary N) is 1. The lowest BCUT2D eigenvalue weighted by Gasteiger charge is -2.07. The number of rotatable bonds is 4. The van der Waals surface area contributed by atoms with E-state index in [2.05, 4.69) is 25.3 Å². The Balaban J connectivity index is 1.55. The second-order valence-corrected chi connectivity index (χ2v) is 5.57. The number of hydrogen-bond acceptors (Lipinski definition) is 5. The van der Waals surface area contributed by atoms with Gasteiger partial charge in [0.1, 0.15) is 17.3 Å². The van der Waals surface area contributed by atoms with Crippen LogP contribution in [0.25, 0.3) is 22.5 Å². The first kappa shape index (κ1) is 15.8. The molecule has 6 heteroatoms. The van der Waals surface area contributed by atoms with Crippen LogP contribution in [0.4, 0.5) is 16.0 Å². The largest absolute Gasteiger partial charge is 0.324 e. The Labute approximate surface area is 149 Å². The van der Waals surface area contributed by atoms with Crippen molar-refractivity contribution in [3.05, 3.63) is 85.2 Å². The molecule has 0 aliphatic carbocycles. The van der Waals surface area contributed by atoms with Crippen LogP contribution in [0.5, 0.6) is 0 Å². The molecule has 0 amide bonds. The Morgan fingerprint density at radius 1 is 0.731 bits per heavy atom. The van der Waals surface area contributed by atoms with Crippen LogP contribution in [-0.2, 0) is 0 Å². The number of pyridine rings is 2. The van der Waals surface area contributed by atoms with Gasteiger partial charge in [0.05, 0.1) is 18.1 Å². The molecule has 0 saturated carbocycles. The molecule has 0 saturated heterocycles. The lowest BCUT2D eigenvalue weighted by molar-refractivity contribution is 0.628. The average Bonchev–Trinajstić information content (AvgIpc) is 2.69. The van der Waals surface area contributed by atoms with E-state index in [4.69, 9.17) is 0 Å². The van der Waals surface area contributed by atoms with Gasteiger partial charge in [-0.3, -0.25) is 9.97 Å². The van der Waals surface area contributed by atoms with Crippen molar-refractivity contribution >= 4 is 11.6 Å². The lowest BCUT2D eigenvalue weighted by atomic mass is 10.1. The highest BCUT2D eigenvalue weighted by Gasteiger charge is 2.05. The maximum absolute atomic E-state index is 13.3. The van der Waals surface area contributed by atoms with Crippen LogP contribution in [0, 0.1) is 5.82 Å². The third-order valence-electron chi connectivity index (χ3n) is 3.74. The minimum atomic E-state index is -0.272. The molecule has 26 heavy (non-hydrogen) atoms. The van der Waals surface area contributed by atoms with Crippen LogP contribution >= 0.6 is 0 Å². The molecule has 0 spiro atoms. The Bertz CT molecular complexity index is 1020. The summed E-state index contributed by atoms with van der Waals surface area (Å²) in [4.78, 5) is 17.3. The van der Waals surface area contributed by atoms with E-state index < -0.39 is 0 Å². The van der Waals surface area contributed by atoms with Gasteiger partial charge in [0.15, 0.2) is 5.82 Å². The molecule has 0 fully saturated rings. The molecule has 5 nitrogen and oxygen atoms in total. The summed E-state index contributed by atoms with van der Waals surface area (Å²) in [6, 6.07) is 15.7. The lowest BCUT2D eigenvalue weighted by Crippen LogP contribution is -1.98. The third kappa shape index (κ3) is 3.54. The highest BCUT2D eigenvalue weighted by molar-refractivity contribution is 5.65. The summed E-state index contributed by atoms with van der Waals surface area (Å²) in [5.74, 6) is 0.920. The summed E-state index contributed by atoms with van der Waals surface area (Å²) in [5.41, 5.74) is 3.04. The van der Waals surface area contributed by atoms with Crippen molar-refractivity contribution in [2.24, 2.45) is 0 Å². The van der Waals surface area contributed by atoms with Crippen molar-refractivity contribution in [1.82, 2.24) is 19.9 Å². The third-order valence-corrected chi connectivity index (χ3v) is 3.74. The van der Waals surface area contributed by atoms with Crippen LogP contribution in [0.3, 0.4) is 0 Å². The van der Waals surface area contributed by atoms with Gasteiger partial charge in [0.25, 0.3) is 0 Å². The molecule has 0 aliphatic heterocycles. The van der Waals surface area contributed by atoms with E-state index in [1.807, 2.05) is 36.4 Å². The van der Waals surface area contributed by atoms with Gasteiger partial charge in [0, 0.05) is 18.0 Å². The summed E-state index contributed by atoms with van der Waals surface area (Å²) in [7, 11) is 0. The highest BCUT2D eigenvalue weighted by Crippen LogP contribution is 2.22. The summed E-state index contributed by atoms with van der Waals surface area (Å²) >= 11 is 0. The fourth-order valence-corrected chi connectivity index (χ4v) is 2.50. The van der Waals surface area contributed by atoms with Crippen LogP contribution in [0.1, 0.15) is 0 Å². The molecular formula is C20H14FN5. The van der Waals surface area contributed by atoms with E-state index in [1.165, 1.54) is 12.1 Å². The van der Waals surface area contributed by atoms with E-state index >= 15 is 0 Å². The second-order valence-electron chi connectivity index (χ2n) is 5.57. The molecule has 0 aliphatic rings. The smallest absolute Gasteiger partial charge is 0.150 e. The number of aromatic nitrogens is 4. The highest BCUT2D eigenvalue weighted by atomic mass is 19.1. The van der Waals surface area contributed by atoms with Crippen LogP contribution in [0.2, 0.25) is 0 Å². The van der Waals surface area contributed by atoms with Crippen molar-refractivity contribution in [3.63, 3.8) is 0 Å². The molecule has 0 radical (unpaired) electrons. The number of halogens is 1. The average molecular weight is 343 g/mol. The predicted molar refractivity (Wildman–Crippen MR) is 98.2 cm³/mol. The second kappa shape index (κ2) is 7.06. The van der Waals surface area contributed by atoms with Gasteiger partial charge in [0.2, 0.25) is 0 Å². The van der Waals surface area contributed by atoms with Gasteiger partial charge in [-0.25, -0.2) is 14.4 Å². The minimum Gasteiger partial charge on any atom is -0.324 e. The van der Waals surface area contributed by atoms with E-state index in [0.717, 1.165) is 16.8 Å². The number of benzene rings is 1. The molecule has 4 aromatic rings. The Morgan fingerprint density at radius 2 is 1.69 bits per heavy atom. The first-order chi connectivity index (χ1) is 12.8. The molecule has 126 valence electrons. The van der Waals surface area contributed by atoms with E-state index in [-0.39, 0.29) is 5.82 Å². The predicted octanol–water partition coefficient (Wildman–Crippen LogP) is 4.48. The van der Waals surface area contributed by atoms with Crippen LogP contribution < -0.4 is 5.32 Å². The maximum atomic E-state index is 13.3. The van der Waals surface area contributed by atoms with Gasteiger partial charge in [-0.05, 0) is 42.0 Å². The van der Waals surface area contributed by atoms with Crippen molar-refractivity contribution in [3.8, 4) is 22.5 Å². The Kier molecular flexibility index (Phi) is 4.30. The Hall–Kier alpha value is -3.67. The molecule has 0 unspecified atom stereocenters. The van der Waals surface area contributed by atoms with Crippen LogP contribution in [-0.4, -0.2) is 19.9 Å². The number of hydrogen-bond donors (Lipinski definition) is 1. The number of anilines is 2. The minimum absolute atomic E-state index is 0.272. The fraction of sp³-hybridized carbons (Fsp3) is 0. The van der Waals surface area contributed by atoms with Gasteiger partial charge in [-0.2, -0.15) is 0 Å². The van der Waals surface area contributed by atoms with Gasteiger partial charge < -0.3 is 5.32 Å². The summed E-state index contributed by atoms with van der Waals surface area (Å²) in [6.07, 6.45) is 6.68. The van der Waals surface area contributed by atoms with Crippen LogP contribution in [0.15, 0.2) is 79.4 Å². The topological polar surface area (TPSA) is 63.6 Å². The first-order valence-corrected chi connectivity index (χ1v) is 8.00. The molecule has 0 bridgehead atoms. The molecule has 1 aromatic carbocycles. The zero-order valence-corrected chi connectivity index (χ0v) is 13.7. The molecule has 3 aromatic heterocycles. The Morgan fingerprint density at radius 3 is 2.46 bits per heavy atom. The zero-order chi connectivity index (χ0) is 17.8. The zero-order valence-electron chi connectivity index (χ0n) is 13.7. The van der Waals surface area contributed by atoms with Gasteiger partial charge >= 0.3 is 0 Å². The number of nitrogens with zero attached hydrogens (tertiary/aromatic N) is 4. The quantitative estimate of drug-likeness (QED) is 0.592. The van der Waals surface area contributed by atoms with Crippen molar-refractivity contribution in [2.75, 3.05) is 5.32 Å². The van der Waals surface area contributed by atoms with E-state index in [9.17, 15) is 4.39 Å². The molecule has 1 N–H and O–H groups in total. The van der Waals surface area contributed by atoms with Gasteiger partial charge in [-0.15, -0.1) is 0 Å². The standard InChI is InChI=1S/C20H14FN5/c21-16-5-3-4-14(10-16)15-7-8-19(24-11-15)26-20-13-22-12-18(25-20)17-6-1-2-9-23-17/h1-13H,(H,24,25,26).